The van der Waals surface area contributed by atoms with E-state index in [1.54, 1.807) is 11.0 Å². The molecule has 1 amide bonds. The highest BCUT2D eigenvalue weighted by atomic mass is 16.6. The van der Waals surface area contributed by atoms with Gasteiger partial charge in [0.15, 0.2) is 0 Å². The first kappa shape index (κ1) is 16.4. The van der Waals surface area contributed by atoms with Crippen LogP contribution in [-0.2, 0) is 16.0 Å². The molecule has 0 unspecified atom stereocenters. The van der Waals surface area contributed by atoms with Gasteiger partial charge in [0, 0.05) is 19.1 Å². The normalized spacial score (nSPS) is 15.4. The minimum absolute atomic E-state index is 0.194. The Morgan fingerprint density at radius 3 is 2.68 bits per heavy atom. The van der Waals surface area contributed by atoms with Crippen LogP contribution in [0.2, 0.25) is 0 Å². The summed E-state index contributed by atoms with van der Waals surface area (Å²) in [5.41, 5.74) is -0.0862. The van der Waals surface area contributed by atoms with Crippen molar-refractivity contribution in [1.82, 2.24) is 10.2 Å². The van der Waals surface area contributed by atoms with E-state index in [2.05, 4.69) is 10.1 Å². The number of carbonyl (C=O) groups excluding carboxylic acids is 2. The molecule has 7 heteroatoms. The lowest BCUT2D eigenvalue weighted by molar-refractivity contribution is 0.00504. The maximum Gasteiger partial charge on any atom is 0.410 e. The molecule has 1 aliphatic rings. The van der Waals surface area contributed by atoms with E-state index in [0.29, 0.717) is 31.0 Å². The van der Waals surface area contributed by atoms with Gasteiger partial charge in [-0.3, -0.25) is 0 Å². The van der Waals surface area contributed by atoms with Gasteiger partial charge in [0.05, 0.1) is 19.2 Å². The van der Waals surface area contributed by atoms with Gasteiger partial charge in [0.25, 0.3) is 0 Å². The Morgan fingerprint density at radius 1 is 1.41 bits per heavy atom. The van der Waals surface area contributed by atoms with Crippen molar-refractivity contribution in [2.75, 3.05) is 20.2 Å². The predicted octanol–water partition coefficient (Wildman–Crippen LogP) is 1.78. The molecule has 1 aliphatic heterocycles. The van der Waals surface area contributed by atoms with Crippen LogP contribution < -0.4 is 5.32 Å². The molecule has 22 heavy (non-hydrogen) atoms. The van der Waals surface area contributed by atoms with Gasteiger partial charge in [-0.1, -0.05) is 0 Å². The highest BCUT2D eigenvalue weighted by molar-refractivity contribution is 5.88. The van der Waals surface area contributed by atoms with Crippen molar-refractivity contribution in [2.45, 2.75) is 39.0 Å². The number of furan rings is 1. The zero-order valence-electron chi connectivity index (χ0n) is 13.3. The maximum absolute atomic E-state index is 11.8. The van der Waals surface area contributed by atoms with Crippen molar-refractivity contribution < 1.29 is 23.5 Å². The van der Waals surface area contributed by atoms with E-state index in [1.165, 1.54) is 13.4 Å². The molecule has 7 nitrogen and oxygen atoms in total. The summed E-state index contributed by atoms with van der Waals surface area (Å²) in [5.74, 6) is 0.228. The molecule has 0 bridgehead atoms. The van der Waals surface area contributed by atoms with E-state index in [1.807, 2.05) is 20.8 Å². The number of nitrogens with one attached hydrogen (secondary N) is 1. The first-order valence-electron chi connectivity index (χ1n) is 7.15. The Hall–Kier alpha value is -2.02. The van der Waals surface area contributed by atoms with Gasteiger partial charge < -0.3 is 24.1 Å². The number of nitrogens with zero attached hydrogens (tertiary/aromatic N) is 1. The first-order chi connectivity index (χ1) is 10.3. The Balaban J connectivity index is 1.71. The molecular weight excluding hydrogens is 288 g/mol. The fraction of sp³-hybridized carbons (Fsp3) is 0.600. The van der Waals surface area contributed by atoms with Gasteiger partial charge in [0.1, 0.15) is 17.6 Å². The molecule has 122 valence electrons. The fourth-order valence-corrected chi connectivity index (χ4v) is 2.03. The molecule has 1 aromatic heterocycles. The van der Waals surface area contributed by atoms with Crippen molar-refractivity contribution in [1.29, 1.82) is 0 Å². The summed E-state index contributed by atoms with van der Waals surface area (Å²) in [4.78, 5) is 24.7. The average Bonchev–Trinajstić information content (AvgIpc) is 2.82. The number of esters is 1. The van der Waals surface area contributed by atoms with E-state index < -0.39 is 11.6 Å². The van der Waals surface area contributed by atoms with Crippen LogP contribution in [0.1, 0.15) is 36.9 Å². The zero-order valence-corrected chi connectivity index (χ0v) is 13.3. The van der Waals surface area contributed by atoms with Crippen LogP contribution in [0, 0.1) is 0 Å². The third-order valence-electron chi connectivity index (χ3n) is 3.17. The van der Waals surface area contributed by atoms with Crippen molar-refractivity contribution in [3.05, 3.63) is 23.7 Å². The Kier molecular flexibility index (Phi) is 4.75. The molecule has 2 rings (SSSR count). The molecule has 1 saturated heterocycles. The third kappa shape index (κ3) is 4.24. The van der Waals surface area contributed by atoms with Crippen LogP contribution in [0.3, 0.4) is 0 Å². The lowest BCUT2D eigenvalue weighted by Gasteiger charge is -2.40. The Labute approximate surface area is 129 Å². The van der Waals surface area contributed by atoms with Crippen LogP contribution in [0.15, 0.2) is 16.7 Å². The summed E-state index contributed by atoms with van der Waals surface area (Å²) in [6.07, 6.45) is 1.08. The average molecular weight is 310 g/mol. The van der Waals surface area contributed by atoms with Crippen molar-refractivity contribution in [3.63, 3.8) is 0 Å². The monoisotopic (exact) mass is 310 g/mol. The van der Waals surface area contributed by atoms with E-state index in [-0.39, 0.29) is 12.1 Å². The molecule has 0 saturated carbocycles. The lowest BCUT2D eigenvalue weighted by atomic mass is 10.1. The smallest absolute Gasteiger partial charge is 0.410 e. The van der Waals surface area contributed by atoms with E-state index in [0.717, 1.165) is 0 Å². The maximum atomic E-state index is 11.8. The molecule has 0 spiro atoms. The van der Waals surface area contributed by atoms with Crippen LogP contribution in [0.4, 0.5) is 4.79 Å². The quantitative estimate of drug-likeness (QED) is 0.854. The Bertz CT molecular complexity index is 540. The number of likely N-dealkylation sites (tertiary alicyclic amines) is 1. The van der Waals surface area contributed by atoms with Gasteiger partial charge in [-0.2, -0.15) is 0 Å². The second-order valence-electron chi connectivity index (χ2n) is 6.26. The number of hydrogen-bond donors (Lipinski definition) is 1. The minimum atomic E-state index is -0.478. The fourth-order valence-electron chi connectivity index (χ4n) is 2.03. The van der Waals surface area contributed by atoms with Gasteiger partial charge >= 0.3 is 12.1 Å². The molecule has 2 heterocycles. The molecular formula is C15H22N2O5. The highest BCUT2D eigenvalue weighted by Gasteiger charge is 2.33. The van der Waals surface area contributed by atoms with E-state index in [4.69, 9.17) is 9.15 Å². The van der Waals surface area contributed by atoms with Crippen molar-refractivity contribution in [3.8, 4) is 0 Å². The van der Waals surface area contributed by atoms with Crippen LogP contribution >= 0.6 is 0 Å². The van der Waals surface area contributed by atoms with Gasteiger partial charge in [-0.25, -0.2) is 9.59 Å². The van der Waals surface area contributed by atoms with Gasteiger partial charge in [-0.05, 0) is 26.8 Å². The van der Waals surface area contributed by atoms with Crippen LogP contribution in [0.5, 0.6) is 0 Å². The van der Waals surface area contributed by atoms with Gasteiger partial charge in [0.2, 0.25) is 0 Å². The summed E-state index contributed by atoms with van der Waals surface area (Å²) < 4.78 is 15.2. The number of ether oxygens (including phenoxy) is 2. The standard InChI is InChI=1S/C15H22N2O5/c1-15(2,3)22-14(19)17-7-11(8-17)16-6-12-5-10(9-21-12)13(18)20-4/h5,9,11,16H,6-8H2,1-4H3. The lowest BCUT2D eigenvalue weighted by Crippen LogP contribution is -2.60. The van der Waals surface area contributed by atoms with Crippen LogP contribution in [-0.4, -0.2) is 48.8 Å². The summed E-state index contributed by atoms with van der Waals surface area (Å²) in [6.45, 7) is 7.21. The van der Waals surface area contributed by atoms with Crippen molar-refractivity contribution in [2.24, 2.45) is 0 Å². The molecule has 0 atom stereocenters. The highest BCUT2D eigenvalue weighted by Crippen LogP contribution is 2.16. The number of amides is 1. The van der Waals surface area contributed by atoms with E-state index in [9.17, 15) is 9.59 Å². The largest absolute Gasteiger partial charge is 0.467 e. The van der Waals surface area contributed by atoms with E-state index >= 15 is 0 Å². The Morgan fingerprint density at radius 2 is 2.09 bits per heavy atom. The summed E-state index contributed by atoms with van der Waals surface area (Å²) in [7, 11) is 1.33. The molecule has 1 aromatic rings. The molecule has 0 aliphatic carbocycles. The SMILES string of the molecule is COC(=O)c1coc(CNC2CN(C(=O)OC(C)(C)C)C2)c1. The summed E-state index contributed by atoms with van der Waals surface area (Å²) >= 11 is 0. The third-order valence-corrected chi connectivity index (χ3v) is 3.17. The summed E-state index contributed by atoms with van der Waals surface area (Å²) in [6, 6.07) is 1.84. The number of rotatable bonds is 4. The second kappa shape index (κ2) is 6.39. The zero-order chi connectivity index (χ0) is 16.3. The number of carbonyl (C=O) groups is 2. The van der Waals surface area contributed by atoms with Gasteiger partial charge in [-0.15, -0.1) is 0 Å². The predicted molar refractivity (Wildman–Crippen MR) is 78.5 cm³/mol. The number of methoxy groups -OCH3 is 1. The second-order valence-corrected chi connectivity index (χ2v) is 6.26. The first-order valence-corrected chi connectivity index (χ1v) is 7.15. The molecule has 0 radical (unpaired) electrons. The number of hydrogen-bond acceptors (Lipinski definition) is 6. The topological polar surface area (TPSA) is 81.0 Å². The van der Waals surface area contributed by atoms with Crippen molar-refractivity contribution >= 4 is 12.1 Å². The molecule has 1 N–H and O–H groups in total. The van der Waals surface area contributed by atoms with Crippen LogP contribution in [0.25, 0.3) is 0 Å². The molecule has 1 fully saturated rings. The minimum Gasteiger partial charge on any atom is -0.467 e. The molecule has 0 aromatic carbocycles. The summed E-state index contributed by atoms with van der Waals surface area (Å²) in [5, 5.41) is 3.26.